The van der Waals surface area contributed by atoms with Gasteiger partial charge in [-0.25, -0.2) is 4.98 Å². The number of hydrogen-bond acceptors (Lipinski definition) is 3. The highest BCUT2D eigenvalue weighted by Gasteiger charge is 2.08. The first-order chi connectivity index (χ1) is 12.6. The molecule has 0 saturated carbocycles. The van der Waals surface area contributed by atoms with Crippen molar-refractivity contribution in [3.63, 3.8) is 0 Å². The van der Waals surface area contributed by atoms with Crippen LogP contribution in [-0.4, -0.2) is 17.4 Å². The van der Waals surface area contributed by atoms with Crippen molar-refractivity contribution < 1.29 is 4.79 Å². The van der Waals surface area contributed by atoms with Crippen LogP contribution in [0.3, 0.4) is 0 Å². The van der Waals surface area contributed by atoms with Gasteiger partial charge >= 0.3 is 0 Å². The van der Waals surface area contributed by atoms with Gasteiger partial charge in [0, 0.05) is 28.4 Å². The van der Waals surface area contributed by atoms with Crippen molar-refractivity contribution in [3.8, 4) is 0 Å². The van der Waals surface area contributed by atoms with Crippen molar-refractivity contribution >= 4 is 40.4 Å². The number of aromatic nitrogens is 1. The molecule has 0 atom stereocenters. The fraction of sp³-hybridized carbons (Fsp3) is 0.200. The second kappa shape index (κ2) is 9.17. The molecule has 0 radical (unpaired) electrons. The molecule has 0 aliphatic rings. The zero-order valence-electron chi connectivity index (χ0n) is 14.0. The molecule has 1 aromatic heterocycles. The fourth-order valence-corrected chi connectivity index (χ4v) is 3.72. The minimum absolute atomic E-state index is 0.0152. The second-order valence-corrected chi connectivity index (χ2v) is 7.76. The van der Waals surface area contributed by atoms with Crippen LogP contribution >= 0.6 is 34.5 Å². The summed E-state index contributed by atoms with van der Waals surface area (Å²) in [7, 11) is 0. The average Bonchev–Trinajstić information content (AvgIpc) is 3.03. The number of carbonyl (C=O) groups excluding carboxylic acids is 1. The Balaban J connectivity index is 1.46. The van der Waals surface area contributed by atoms with E-state index in [1.54, 1.807) is 11.3 Å². The van der Waals surface area contributed by atoms with Crippen LogP contribution in [-0.2, 0) is 24.1 Å². The van der Waals surface area contributed by atoms with Crippen LogP contribution in [0.5, 0.6) is 0 Å². The van der Waals surface area contributed by atoms with Crippen LogP contribution < -0.4 is 5.32 Å². The summed E-state index contributed by atoms with van der Waals surface area (Å²) in [6.45, 7) is 0.597. The quantitative estimate of drug-likeness (QED) is 0.605. The van der Waals surface area contributed by atoms with Crippen LogP contribution in [0.1, 0.15) is 21.8 Å². The van der Waals surface area contributed by atoms with Crippen LogP contribution in [0.2, 0.25) is 10.0 Å². The molecule has 0 aliphatic carbocycles. The lowest BCUT2D eigenvalue weighted by Gasteiger charge is -2.04. The van der Waals surface area contributed by atoms with Crippen LogP contribution in [0.15, 0.2) is 53.9 Å². The van der Waals surface area contributed by atoms with Crippen molar-refractivity contribution in [3.05, 3.63) is 85.8 Å². The maximum absolute atomic E-state index is 12.1. The summed E-state index contributed by atoms with van der Waals surface area (Å²) in [5.41, 5.74) is 3.06. The third kappa shape index (κ3) is 5.84. The lowest BCUT2D eigenvalue weighted by atomic mass is 10.1. The monoisotopic (exact) mass is 404 g/mol. The summed E-state index contributed by atoms with van der Waals surface area (Å²) in [6, 6.07) is 15.4. The molecular formula is C20H18Cl2N2OS. The summed E-state index contributed by atoms with van der Waals surface area (Å²) in [5, 5.41) is 7.30. The van der Waals surface area contributed by atoms with E-state index in [0.29, 0.717) is 13.0 Å². The van der Waals surface area contributed by atoms with Gasteiger partial charge in [-0.1, -0.05) is 47.5 Å². The third-order valence-electron chi connectivity index (χ3n) is 3.83. The molecule has 0 fully saturated rings. The zero-order chi connectivity index (χ0) is 18.4. The standard InChI is InChI=1S/C20H18Cl2N2OS/c21-16-6-4-14(5-7-16)8-9-23-19(25)12-18-13-26-20(24-18)11-15-2-1-3-17(22)10-15/h1-7,10,13H,8-9,11-12H2,(H,23,25). The van der Waals surface area contributed by atoms with E-state index >= 15 is 0 Å². The van der Waals surface area contributed by atoms with Gasteiger partial charge in [0.15, 0.2) is 0 Å². The number of benzene rings is 2. The molecule has 0 bridgehead atoms. The number of rotatable bonds is 7. The predicted molar refractivity (Wildman–Crippen MR) is 108 cm³/mol. The SMILES string of the molecule is O=C(Cc1csc(Cc2cccc(Cl)c2)n1)NCCc1ccc(Cl)cc1. The fourth-order valence-electron chi connectivity index (χ4n) is 2.56. The van der Waals surface area contributed by atoms with E-state index in [1.807, 2.05) is 53.9 Å². The van der Waals surface area contributed by atoms with Gasteiger partial charge in [0.05, 0.1) is 17.1 Å². The minimum Gasteiger partial charge on any atom is -0.355 e. The largest absolute Gasteiger partial charge is 0.355 e. The van der Waals surface area contributed by atoms with E-state index in [1.165, 1.54) is 0 Å². The number of thiazole rings is 1. The minimum atomic E-state index is -0.0152. The van der Waals surface area contributed by atoms with Crippen molar-refractivity contribution in [2.45, 2.75) is 19.3 Å². The lowest BCUT2D eigenvalue weighted by molar-refractivity contribution is -0.120. The second-order valence-electron chi connectivity index (χ2n) is 5.94. The molecule has 3 aromatic rings. The first-order valence-electron chi connectivity index (χ1n) is 8.27. The Hall–Kier alpha value is -1.88. The van der Waals surface area contributed by atoms with Crippen LogP contribution in [0, 0.1) is 0 Å². The van der Waals surface area contributed by atoms with E-state index in [4.69, 9.17) is 23.2 Å². The zero-order valence-corrected chi connectivity index (χ0v) is 16.4. The molecule has 0 saturated heterocycles. The first-order valence-corrected chi connectivity index (χ1v) is 9.91. The molecule has 0 spiro atoms. The Kier molecular flexibility index (Phi) is 6.67. The molecule has 0 unspecified atom stereocenters. The van der Waals surface area contributed by atoms with Gasteiger partial charge in [0.2, 0.25) is 5.91 Å². The molecule has 1 amide bonds. The summed E-state index contributed by atoms with van der Waals surface area (Å²) < 4.78 is 0. The number of carbonyl (C=O) groups is 1. The highest BCUT2D eigenvalue weighted by Crippen LogP contribution is 2.18. The van der Waals surface area contributed by atoms with E-state index < -0.39 is 0 Å². The highest BCUT2D eigenvalue weighted by atomic mass is 35.5. The molecular weight excluding hydrogens is 387 g/mol. The van der Waals surface area contributed by atoms with E-state index in [-0.39, 0.29) is 5.91 Å². The molecule has 0 aliphatic heterocycles. The average molecular weight is 405 g/mol. The number of hydrogen-bond donors (Lipinski definition) is 1. The van der Waals surface area contributed by atoms with E-state index in [9.17, 15) is 4.79 Å². The normalized spacial score (nSPS) is 10.7. The topological polar surface area (TPSA) is 42.0 Å². The maximum atomic E-state index is 12.1. The van der Waals surface area contributed by atoms with Gasteiger partial charge in [-0.2, -0.15) is 0 Å². The summed E-state index contributed by atoms with van der Waals surface area (Å²) in [4.78, 5) is 16.6. The summed E-state index contributed by atoms with van der Waals surface area (Å²) in [6.07, 6.45) is 1.80. The van der Waals surface area contributed by atoms with Gasteiger partial charge < -0.3 is 5.32 Å². The molecule has 3 nitrogen and oxygen atoms in total. The molecule has 134 valence electrons. The van der Waals surface area contributed by atoms with Crippen molar-refractivity contribution in [1.29, 1.82) is 0 Å². The molecule has 26 heavy (non-hydrogen) atoms. The number of nitrogens with zero attached hydrogens (tertiary/aromatic N) is 1. The molecule has 6 heteroatoms. The number of halogens is 2. The van der Waals surface area contributed by atoms with Crippen molar-refractivity contribution in [1.82, 2.24) is 10.3 Å². The van der Waals surface area contributed by atoms with Crippen molar-refractivity contribution in [2.24, 2.45) is 0 Å². The summed E-state index contributed by atoms with van der Waals surface area (Å²) in [5.74, 6) is -0.0152. The number of amides is 1. The number of nitrogens with one attached hydrogen (secondary N) is 1. The van der Waals surface area contributed by atoms with Gasteiger partial charge in [0.25, 0.3) is 0 Å². The third-order valence-corrected chi connectivity index (χ3v) is 5.22. The smallest absolute Gasteiger partial charge is 0.226 e. The Morgan fingerprint density at radius 1 is 1.04 bits per heavy atom. The lowest BCUT2D eigenvalue weighted by Crippen LogP contribution is -2.27. The van der Waals surface area contributed by atoms with Crippen LogP contribution in [0.4, 0.5) is 0 Å². The van der Waals surface area contributed by atoms with E-state index in [2.05, 4.69) is 10.3 Å². The van der Waals surface area contributed by atoms with Gasteiger partial charge in [-0.15, -0.1) is 11.3 Å². The Morgan fingerprint density at radius 2 is 1.85 bits per heavy atom. The Morgan fingerprint density at radius 3 is 2.62 bits per heavy atom. The maximum Gasteiger partial charge on any atom is 0.226 e. The molecule has 3 rings (SSSR count). The van der Waals surface area contributed by atoms with E-state index in [0.717, 1.165) is 44.7 Å². The molecule has 1 heterocycles. The van der Waals surface area contributed by atoms with Crippen molar-refractivity contribution in [2.75, 3.05) is 6.54 Å². The predicted octanol–water partition coefficient (Wildman–Crippen LogP) is 4.94. The van der Waals surface area contributed by atoms with Crippen LogP contribution in [0.25, 0.3) is 0 Å². The van der Waals surface area contributed by atoms with Gasteiger partial charge in [0.1, 0.15) is 0 Å². The Labute approximate surface area is 167 Å². The molecule has 2 aromatic carbocycles. The molecule has 1 N–H and O–H groups in total. The van der Waals surface area contributed by atoms with Gasteiger partial charge in [-0.05, 0) is 41.8 Å². The Bertz CT molecular complexity index is 878. The first kappa shape index (κ1) is 18.9. The highest BCUT2D eigenvalue weighted by molar-refractivity contribution is 7.09. The summed E-state index contributed by atoms with van der Waals surface area (Å²) >= 11 is 13.4. The van der Waals surface area contributed by atoms with Gasteiger partial charge in [-0.3, -0.25) is 4.79 Å².